The Bertz CT molecular complexity index is 1420. The maximum atomic E-state index is 15.1. The van der Waals surface area contributed by atoms with E-state index in [1.54, 1.807) is 20.8 Å². The first-order valence-electron chi connectivity index (χ1n) is 17.5. The summed E-state index contributed by atoms with van der Waals surface area (Å²) in [6.07, 6.45) is -9.04. The number of rotatable bonds is 8. The number of fused-ring (bicyclic) bond motifs is 5. The van der Waals surface area contributed by atoms with Crippen molar-refractivity contribution < 1.29 is 71.5 Å². The van der Waals surface area contributed by atoms with Crippen molar-refractivity contribution in [1.29, 1.82) is 0 Å². The van der Waals surface area contributed by atoms with Gasteiger partial charge in [-0.15, -0.1) is 0 Å². The summed E-state index contributed by atoms with van der Waals surface area (Å²) in [5.41, 5.74) is -5.14. The average molecular weight is 725 g/mol. The minimum absolute atomic E-state index is 0.0552. The number of ketones is 1. The molecule has 2 aliphatic heterocycles. The molecule has 0 aromatic carbocycles. The fourth-order valence-electron chi connectivity index (χ4n) is 8.58. The zero-order valence-electron chi connectivity index (χ0n) is 31.3. The Labute approximate surface area is 298 Å². The highest BCUT2D eigenvalue weighted by Gasteiger charge is 2.74. The van der Waals surface area contributed by atoms with E-state index in [0.29, 0.717) is 0 Å². The third kappa shape index (κ3) is 8.08. The van der Waals surface area contributed by atoms with Gasteiger partial charge in [-0.05, 0) is 19.3 Å². The van der Waals surface area contributed by atoms with Crippen LogP contribution in [-0.2, 0) is 71.5 Å². The van der Waals surface area contributed by atoms with Gasteiger partial charge in [0.1, 0.15) is 18.3 Å². The van der Waals surface area contributed by atoms with Crippen LogP contribution in [0.2, 0.25) is 0 Å². The van der Waals surface area contributed by atoms with E-state index in [1.165, 1.54) is 13.8 Å². The molecule has 12 atom stereocenters. The number of hydrogen-bond acceptors (Lipinski definition) is 15. The number of hydrogen-bond donors (Lipinski definition) is 0. The maximum Gasteiger partial charge on any atom is 0.306 e. The van der Waals surface area contributed by atoms with Gasteiger partial charge >= 0.3 is 35.8 Å². The Balaban J connectivity index is 2.16. The second-order valence-corrected chi connectivity index (χ2v) is 15.6. The number of ether oxygens (including phenoxy) is 8. The molecule has 0 radical (unpaired) electrons. The minimum atomic E-state index is -2.24. The van der Waals surface area contributed by atoms with Crippen LogP contribution in [0.5, 0.6) is 0 Å². The summed E-state index contributed by atoms with van der Waals surface area (Å²) >= 11 is 0. The summed E-state index contributed by atoms with van der Waals surface area (Å²) in [7, 11) is 0. The molecule has 0 spiro atoms. The molecule has 286 valence electrons. The smallest absolute Gasteiger partial charge is 0.306 e. The maximum absolute atomic E-state index is 15.1. The molecule has 4 aliphatic rings. The van der Waals surface area contributed by atoms with Gasteiger partial charge in [-0.1, -0.05) is 34.6 Å². The fraction of sp³-hybridized carbons (Fsp3) is 0.806. The van der Waals surface area contributed by atoms with E-state index in [4.69, 9.17) is 37.9 Å². The van der Waals surface area contributed by atoms with Crippen LogP contribution in [0, 0.1) is 29.1 Å². The summed E-state index contributed by atoms with van der Waals surface area (Å²) in [6.45, 7) is 16.2. The van der Waals surface area contributed by atoms with Gasteiger partial charge in [0.15, 0.2) is 29.2 Å². The predicted molar refractivity (Wildman–Crippen MR) is 173 cm³/mol. The highest BCUT2D eigenvalue weighted by Crippen LogP contribution is 2.57. The van der Waals surface area contributed by atoms with E-state index in [-0.39, 0.29) is 25.4 Å². The largest absolute Gasteiger partial charge is 0.462 e. The van der Waals surface area contributed by atoms with Crippen molar-refractivity contribution in [3.63, 3.8) is 0 Å². The van der Waals surface area contributed by atoms with Gasteiger partial charge in [0, 0.05) is 71.3 Å². The lowest BCUT2D eigenvalue weighted by atomic mass is 9.67. The molecule has 15 nitrogen and oxygen atoms in total. The van der Waals surface area contributed by atoms with Crippen LogP contribution < -0.4 is 0 Å². The average Bonchev–Trinajstić information content (AvgIpc) is 3.75. The quantitative estimate of drug-likeness (QED) is 0.201. The summed E-state index contributed by atoms with van der Waals surface area (Å²) < 4.78 is 48.8. The van der Waals surface area contributed by atoms with Crippen molar-refractivity contribution in [3.05, 3.63) is 0 Å². The van der Waals surface area contributed by atoms with Gasteiger partial charge in [0.2, 0.25) is 0 Å². The van der Waals surface area contributed by atoms with Crippen LogP contribution in [0.25, 0.3) is 0 Å². The molecule has 0 aromatic heterocycles. The van der Waals surface area contributed by atoms with E-state index in [1.807, 2.05) is 13.8 Å². The molecule has 2 saturated heterocycles. The molecule has 0 N–H and O–H groups in total. The second-order valence-electron chi connectivity index (χ2n) is 15.6. The number of carbonyl (C=O) groups excluding carboxylic acids is 7. The Morgan fingerprint density at radius 1 is 0.784 bits per heavy atom. The Hall–Kier alpha value is -3.59. The van der Waals surface area contributed by atoms with Crippen LogP contribution in [0.3, 0.4) is 0 Å². The molecule has 2 saturated carbocycles. The molecular formula is C36H52O15. The van der Waals surface area contributed by atoms with E-state index in [9.17, 15) is 28.8 Å². The SMILES string of the molecule is CC(=O)OC1C2CCC(=O)OC(C(OC(C)=O)C2OCC(C)C)C(C)(C)C2OC2C(C)C(=O)C2(OC(C)=O)CC(C)(OC(C)=O)C(OC(C)=O)C12. The zero-order chi connectivity index (χ0) is 38.4. The molecule has 2 aliphatic carbocycles. The summed E-state index contributed by atoms with van der Waals surface area (Å²) in [5.74, 6) is -9.00. The van der Waals surface area contributed by atoms with Crippen molar-refractivity contribution in [3.8, 4) is 0 Å². The van der Waals surface area contributed by atoms with Crippen LogP contribution in [0.15, 0.2) is 0 Å². The van der Waals surface area contributed by atoms with Gasteiger partial charge in [-0.3, -0.25) is 33.6 Å². The van der Waals surface area contributed by atoms with Crippen LogP contribution in [0.4, 0.5) is 0 Å². The number of esters is 6. The topological polar surface area (TPSA) is 197 Å². The molecule has 12 unspecified atom stereocenters. The first-order chi connectivity index (χ1) is 23.5. The summed E-state index contributed by atoms with van der Waals surface area (Å²) in [6, 6.07) is 0. The van der Waals surface area contributed by atoms with Gasteiger partial charge in [-0.2, -0.15) is 0 Å². The fourth-order valence-corrected chi connectivity index (χ4v) is 8.58. The molecular weight excluding hydrogens is 672 g/mol. The predicted octanol–water partition coefficient (Wildman–Crippen LogP) is 2.80. The first-order valence-corrected chi connectivity index (χ1v) is 17.5. The first kappa shape index (κ1) is 40.2. The van der Waals surface area contributed by atoms with Crippen LogP contribution in [-0.4, -0.2) is 102 Å². The molecule has 0 amide bonds. The molecule has 4 fully saturated rings. The standard InChI is InChI=1S/C36H52O15/c1-16(2)14-44-28-23-12-13-24(42)48-33(29(28)46-19(5)38)34(9,10)32-26(49-32)17(3)30(43)36(51-22(8)41)15-35(11,50-21(7)40)31(47-20(6)39)25(36)27(23)45-18(4)37/h16-17,23,25-29,31-33H,12-15H2,1-11H3. The summed E-state index contributed by atoms with van der Waals surface area (Å²) in [4.78, 5) is 93.3. The lowest BCUT2D eigenvalue weighted by Gasteiger charge is -2.48. The van der Waals surface area contributed by atoms with E-state index in [2.05, 4.69) is 0 Å². The molecule has 2 heterocycles. The Kier molecular flexibility index (Phi) is 11.7. The van der Waals surface area contributed by atoms with E-state index in [0.717, 1.165) is 27.7 Å². The second kappa shape index (κ2) is 14.8. The number of carbonyl (C=O) groups is 7. The van der Waals surface area contributed by atoms with Crippen molar-refractivity contribution >= 4 is 41.6 Å². The summed E-state index contributed by atoms with van der Waals surface area (Å²) in [5, 5.41) is 0. The number of epoxide rings is 1. The van der Waals surface area contributed by atoms with Crippen molar-refractivity contribution in [2.45, 2.75) is 149 Å². The normalized spacial score (nSPS) is 38.7. The highest BCUT2D eigenvalue weighted by atomic mass is 16.6. The van der Waals surface area contributed by atoms with Crippen molar-refractivity contribution in [2.24, 2.45) is 29.1 Å². The van der Waals surface area contributed by atoms with Crippen LogP contribution >= 0.6 is 0 Å². The Morgan fingerprint density at radius 3 is 1.88 bits per heavy atom. The molecule has 0 aromatic rings. The molecule has 51 heavy (non-hydrogen) atoms. The Morgan fingerprint density at radius 2 is 1.35 bits per heavy atom. The van der Waals surface area contributed by atoms with Gasteiger partial charge in [0.25, 0.3) is 0 Å². The van der Waals surface area contributed by atoms with Gasteiger partial charge < -0.3 is 37.9 Å². The third-order valence-electron chi connectivity index (χ3n) is 10.4. The number of Topliss-reactive ketones (excluding diaryl/α,β-unsaturated/α-hetero) is 1. The van der Waals surface area contributed by atoms with E-state index < -0.39 is 125 Å². The van der Waals surface area contributed by atoms with Crippen molar-refractivity contribution in [2.75, 3.05) is 6.61 Å². The van der Waals surface area contributed by atoms with Gasteiger partial charge in [0.05, 0.1) is 18.1 Å². The molecule has 4 rings (SSSR count). The van der Waals surface area contributed by atoms with Crippen molar-refractivity contribution in [1.82, 2.24) is 0 Å². The molecule has 2 bridgehead atoms. The minimum Gasteiger partial charge on any atom is -0.462 e. The van der Waals surface area contributed by atoms with Crippen LogP contribution in [0.1, 0.15) is 95.4 Å². The third-order valence-corrected chi connectivity index (χ3v) is 10.4. The molecule has 15 heteroatoms. The monoisotopic (exact) mass is 724 g/mol. The van der Waals surface area contributed by atoms with E-state index >= 15 is 4.79 Å². The lowest BCUT2D eigenvalue weighted by molar-refractivity contribution is -0.225. The highest BCUT2D eigenvalue weighted by molar-refractivity contribution is 5.93. The lowest BCUT2D eigenvalue weighted by Crippen LogP contribution is -2.63. The zero-order valence-corrected chi connectivity index (χ0v) is 31.3. The van der Waals surface area contributed by atoms with Gasteiger partial charge in [-0.25, -0.2) is 0 Å².